The maximum Gasteiger partial charge on any atom is 0.319 e. The van der Waals surface area contributed by atoms with Gasteiger partial charge in [0, 0.05) is 5.70 Å². The van der Waals surface area contributed by atoms with Crippen LogP contribution in [-0.4, -0.2) is 41.4 Å². The molecule has 1 aliphatic heterocycles. The minimum atomic E-state index is -0.346. The van der Waals surface area contributed by atoms with Crippen molar-refractivity contribution in [2.24, 2.45) is 0 Å². The van der Waals surface area contributed by atoms with Crippen LogP contribution >= 0.6 is 0 Å². The number of nitrogens with zero attached hydrogens (tertiary/aromatic N) is 2. The van der Waals surface area contributed by atoms with Crippen LogP contribution in [0.15, 0.2) is 15.9 Å². The van der Waals surface area contributed by atoms with E-state index in [1.54, 1.807) is 20.8 Å². The van der Waals surface area contributed by atoms with Gasteiger partial charge in [-0.3, -0.25) is 4.79 Å². The summed E-state index contributed by atoms with van der Waals surface area (Å²) in [6.45, 7) is 5.67. The zero-order chi connectivity index (χ0) is 15.4. The van der Waals surface area contributed by atoms with Crippen LogP contribution in [0.3, 0.4) is 0 Å². The van der Waals surface area contributed by atoms with E-state index in [2.05, 4.69) is 30.9 Å². The Morgan fingerprint density at radius 2 is 2.19 bits per heavy atom. The molecular weight excluding hydrogens is 278 g/mol. The third-order valence-electron chi connectivity index (χ3n) is 2.97. The van der Waals surface area contributed by atoms with Gasteiger partial charge in [-0.15, -0.1) is 0 Å². The summed E-state index contributed by atoms with van der Waals surface area (Å²) in [5.41, 5.74) is 1.59. The summed E-state index contributed by atoms with van der Waals surface area (Å²) in [7, 11) is 0. The van der Waals surface area contributed by atoms with Crippen LogP contribution in [0.4, 0.5) is 4.79 Å². The zero-order valence-corrected chi connectivity index (χ0v) is 12.0. The van der Waals surface area contributed by atoms with Crippen molar-refractivity contribution in [1.29, 1.82) is 0 Å². The van der Waals surface area contributed by atoms with Crippen molar-refractivity contribution in [1.82, 2.24) is 26.3 Å². The highest BCUT2D eigenvalue weighted by atomic mass is 16.6. The van der Waals surface area contributed by atoms with Gasteiger partial charge in [-0.05, 0) is 25.9 Å². The second-order valence-electron chi connectivity index (χ2n) is 4.62. The Balaban J connectivity index is 1.83. The fourth-order valence-corrected chi connectivity index (χ4v) is 2.00. The average Bonchev–Trinajstić information content (AvgIpc) is 2.79. The van der Waals surface area contributed by atoms with Crippen LogP contribution in [-0.2, 0) is 4.79 Å². The van der Waals surface area contributed by atoms with Crippen molar-refractivity contribution in [2.75, 3.05) is 13.2 Å². The summed E-state index contributed by atoms with van der Waals surface area (Å²) in [5.74, 6) is 0.0470. The Morgan fingerprint density at radius 3 is 2.81 bits per heavy atom. The molecule has 21 heavy (non-hydrogen) atoms. The molecule has 0 aromatic carbocycles. The van der Waals surface area contributed by atoms with E-state index in [9.17, 15) is 9.59 Å². The van der Waals surface area contributed by atoms with Gasteiger partial charge < -0.3 is 20.7 Å². The maximum atomic E-state index is 12.1. The number of urea groups is 1. The van der Waals surface area contributed by atoms with Crippen LogP contribution in [0, 0.1) is 6.92 Å². The van der Waals surface area contributed by atoms with E-state index < -0.39 is 0 Å². The first-order valence-corrected chi connectivity index (χ1v) is 6.47. The average molecular weight is 295 g/mol. The Bertz CT molecular complexity index is 580. The number of carbonyl (C=O) groups excluding carboxylic acids is 2. The Kier molecular flexibility index (Phi) is 4.41. The molecule has 1 aromatic rings. The molecule has 1 atom stereocenters. The van der Waals surface area contributed by atoms with E-state index in [4.69, 9.17) is 4.74 Å². The highest BCUT2D eigenvalue weighted by Gasteiger charge is 2.26. The number of amides is 3. The van der Waals surface area contributed by atoms with Crippen LogP contribution in [0.25, 0.3) is 0 Å². The Labute approximate surface area is 121 Å². The highest BCUT2D eigenvalue weighted by molar-refractivity contribution is 5.98. The molecule has 1 aliphatic rings. The standard InChI is InChI=1S/C12H17N5O4/c1-6-9(7(2)15-12(19)14-6)10(18)13-4-5-20-11-8(3)16-21-17-11/h6H,4-5H2,1-3H3,(H,13,18)(H2,14,15,19)/t6-/m0/s1. The number of rotatable bonds is 5. The van der Waals surface area contributed by atoms with Crippen LogP contribution < -0.4 is 20.7 Å². The molecule has 0 spiro atoms. The van der Waals surface area contributed by atoms with Crippen molar-refractivity contribution < 1.29 is 19.0 Å². The van der Waals surface area contributed by atoms with Gasteiger partial charge >= 0.3 is 6.03 Å². The van der Waals surface area contributed by atoms with E-state index in [0.717, 1.165) is 0 Å². The smallest absolute Gasteiger partial charge is 0.319 e. The molecule has 9 heteroatoms. The number of aryl methyl sites for hydroxylation is 1. The molecule has 0 saturated carbocycles. The predicted octanol–water partition coefficient (Wildman–Crippen LogP) is -0.152. The lowest BCUT2D eigenvalue weighted by atomic mass is 10.0. The number of nitrogens with one attached hydrogen (secondary N) is 3. The van der Waals surface area contributed by atoms with E-state index in [0.29, 0.717) is 29.4 Å². The number of aromatic nitrogens is 2. The zero-order valence-electron chi connectivity index (χ0n) is 12.0. The third kappa shape index (κ3) is 3.50. The number of allylic oxidation sites excluding steroid dienone is 1. The van der Waals surface area contributed by atoms with Crippen molar-refractivity contribution >= 4 is 11.9 Å². The Hall–Kier alpha value is -2.58. The summed E-state index contributed by atoms with van der Waals surface area (Å²) in [4.78, 5) is 23.3. The SMILES string of the molecule is CC1=C(C(=O)NCCOc2nonc2C)[C@H](C)NC(=O)N1. The number of carbonyl (C=O) groups is 2. The molecule has 0 bridgehead atoms. The molecule has 0 saturated heterocycles. The molecule has 0 radical (unpaired) electrons. The molecule has 2 rings (SSSR count). The molecule has 0 fully saturated rings. The van der Waals surface area contributed by atoms with Crippen LogP contribution in [0.1, 0.15) is 19.5 Å². The summed E-state index contributed by atoms with van der Waals surface area (Å²) in [6.07, 6.45) is 0. The molecule has 2 heterocycles. The van der Waals surface area contributed by atoms with Crippen molar-refractivity contribution in [3.8, 4) is 5.88 Å². The quantitative estimate of drug-likeness (QED) is 0.650. The van der Waals surface area contributed by atoms with Crippen molar-refractivity contribution in [3.05, 3.63) is 17.0 Å². The minimum Gasteiger partial charge on any atom is -0.472 e. The molecule has 3 amide bonds. The van der Waals surface area contributed by atoms with Gasteiger partial charge in [-0.2, -0.15) is 0 Å². The lowest BCUT2D eigenvalue weighted by molar-refractivity contribution is -0.118. The lowest BCUT2D eigenvalue weighted by Crippen LogP contribution is -2.50. The number of hydrogen-bond acceptors (Lipinski definition) is 6. The monoisotopic (exact) mass is 295 g/mol. The molecule has 3 N–H and O–H groups in total. The normalized spacial score (nSPS) is 18.0. The van der Waals surface area contributed by atoms with Crippen molar-refractivity contribution in [3.63, 3.8) is 0 Å². The van der Waals surface area contributed by atoms with Crippen LogP contribution in [0.5, 0.6) is 5.88 Å². The van der Waals surface area contributed by atoms with Crippen molar-refractivity contribution in [2.45, 2.75) is 26.8 Å². The third-order valence-corrected chi connectivity index (χ3v) is 2.97. The lowest BCUT2D eigenvalue weighted by Gasteiger charge is -2.25. The first kappa shape index (κ1) is 14.8. The number of ether oxygens (including phenoxy) is 1. The van der Waals surface area contributed by atoms with Gasteiger partial charge in [0.2, 0.25) is 0 Å². The molecule has 1 aromatic heterocycles. The molecule has 0 aliphatic carbocycles. The van der Waals surface area contributed by atoms with Gasteiger partial charge in [-0.1, -0.05) is 5.16 Å². The van der Waals surface area contributed by atoms with Gasteiger partial charge in [0.15, 0.2) is 0 Å². The fraction of sp³-hybridized carbons (Fsp3) is 0.500. The van der Waals surface area contributed by atoms with Gasteiger partial charge in [0.25, 0.3) is 11.8 Å². The molecule has 9 nitrogen and oxygen atoms in total. The van der Waals surface area contributed by atoms with Gasteiger partial charge in [0.1, 0.15) is 12.3 Å². The second-order valence-corrected chi connectivity index (χ2v) is 4.62. The largest absolute Gasteiger partial charge is 0.472 e. The molecular formula is C12H17N5O4. The number of hydrogen-bond donors (Lipinski definition) is 3. The summed E-state index contributed by atoms with van der Waals surface area (Å²) in [6, 6.07) is -0.657. The topological polar surface area (TPSA) is 118 Å². The molecule has 114 valence electrons. The van der Waals surface area contributed by atoms with E-state index >= 15 is 0 Å². The highest BCUT2D eigenvalue weighted by Crippen LogP contribution is 2.12. The first-order valence-electron chi connectivity index (χ1n) is 6.47. The van der Waals surface area contributed by atoms with Gasteiger partial charge in [-0.25, -0.2) is 9.42 Å². The second kappa shape index (κ2) is 6.25. The van der Waals surface area contributed by atoms with Gasteiger partial charge in [0.05, 0.1) is 18.2 Å². The Morgan fingerprint density at radius 1 is 1.43 bits per heavy atom. The maximum absolute atomic E-state index is 12.1. The van der Waals surface area contributed by atoms with E-state index in [1.807, 2.05) is 0 Å². The van der Waals surface area contributed by atoms with Crippen LogP contribution in [0.2, 0.25) is 0 Å². The fourth-order valence-electron chi connectivity index (χ4n) is 2.00. The summed E-state index contributed by atoms with van der Waals surface area (Å²) < 4.78 is 9.79. The predicted molar refractivity (Wildman–Crippen MR) is 71.4 cm³/mol. The molecule has 0 unspecified atom stereocenters. The summed E-state index contributed by atoms with van der Waals surface area (Å²) in [5, 5.41) is 15.1. The summed E-state index contributed by atoms with van der Waals surface area (Å²) >= 11 is 0. The first-order chi connectivity index (χ1) is 9.99. The van der Waals surface area contributed by atoms with E-state index in [-0.39, 0.29) is 24.6 Å². The minimum absolute atomic E-state index is 0.237. The van der Waals surface area contributed by atoms with E-state index in [1.165, 1.54) is 0 Å².